The van der Waals surface area contributed by atoms with E-state index in [-0.39, 0.29) is 5.56 Å². The van der Waals surface area contributed by atoms with Crippen molar-refractivity contribution in [2.45, 2.75) is 37.6 Å². The number of alkyl halides is 3. The van der Waals surface area contributed by atoms with Gasteiger partial charge in [0.1, 0.15) is 6.10 Å². The Morgan fingerprint density at radius 3 is 2.44 bits per heavy atom. The molecule has 1 N–H and O–H groups in total. The van der Waals surface area contributed by atoms with Crippen molar-refractivity contribution in [3.05, 3.63) is 71.3 Å². The number of rotatable bonds is 6. The first-order chi connectivity index (χ1) is 12.1. The van der Waals surface area contributed by atoms with E-state index >= 15 is 0 Å². The Kier molecular flexibility index (Phi) is 5.76. The lowest BCUT2D eigenvalue weighted by atomic mass is 9.96. The van der Waals surface area contributed by atoms with Crippen LogP contribution in [0.3, 0.4) is 0 Å². The van der Waals surface area contributed by atoms with Crippen molar-refractivity contribution in [3.8, 4) is 0 Å². The normalized spacial score (nSPS) is 19.1. The third kappa shape index (κ3) is 4.61. The molecule has 0 bridgehead atoms. The Balaban J connectivity index is 1.84. The number of hydrogen-bond acceptors (Lipinski definition) is 2. The predicted octanol–water partition coefficient (Wildman–Crippen LogP) is 4.95. The molecule has 0 amide bonds. The molecule has 134 valence electrons. The van der Waals surface area contributed by atoms with Crippen molar-refractivity contribution in [1.82, 2.24) is 5.32 Å². The van der Waals surface area contributed by atoms with Crippen molar-refractivity contribution in [1.29, 1.82) is 0 Å². The smallest absolute Gasteiger partial charge is 0.369 e. The van der Waals surface area contributed by atoms with Crippen LogP contribution in [0.1, 0.15) is 42.1 Å². The minimum absolute atomic E-state index is 0.167. The Bertz CT molecular complexity index is 666. The summed E-state index contributed by atoms with van der Waals surface area (Å²) in [6, 6.07) is 15.2. The molecular weight excluding hydrogens is 327 g/mol. The summed E-state index contributed by atoms with van der Waals surface area (Å²) < 4.78 is 46.3. The molecule has 0 saturated carbocycles. The number of ether oxygens (including phenoxy) is 1. The van der Waals surface area contributed by atoms with E-state index in [1.807, 2.05) is 30.3 Å². The van der Waals surface area contributed by atoms with Crippen LogP contribution in [0.15, 0.2) is 54.6 Å². The van der Waals surface area contributed by atoms with Crippen LogP contribution in [0.4, 0.5) is 13.2 Å². The molecule has 2 unspecified atom stereocenters. The average Bonchev–Trinajstić information content (AvgIpc) is 3.12. The first-order valence-electron chi connectivity index (χ1n) is 8.62. The fourth-order valence-corrected chi connectivity index (χ4v) is 3.31. The van der Waals surface area contributed by atoms with E-state index < -0.39 is 17.8 Å². The molecule has 2 aromatic carbocycles. The molecule has 25 heavy (non-hydrogen) atoms. The second-order valence-corrected chi connectivity index (χ2v) is 6.33. The van der Waals surface area contributed by atoms with E-state index in [9.17, 15) is 13.2 Å². The van der Waals surface area contributed by atoms with Gasteiger partial charge < -0.3 is 10.1 Å². The fourth-order valence-electron chi connectivity index (χ4n) is 3.31. The number of nitrogens with one attached hydrogen (secondary N) is 1. The van der Waals surface area contributed by atoms with Crippen LogP contribution in [-0.2, 0) is 10.9 Å². The molecule has 1 aliphatic rings. The van der Waals surface area contributed by atoms with Gasteiger partial charge >= 0.3 is 6.18 Å². The topological polar surface area (TPSA) is 21.3 Å². The minimum atomic E-state index is -4.40. The van der Waals surface area contributed by atoms with E-state index in [2.05, 4.69) is 5.32 Å². The largest absolute Gasteiger partial charge is 0.416 e. The molecule has 1 saturated heterocycles. The zero-order valence-electron chi connectivity index (χ0n) is 13.9. The molecule has 2 nitrogen and oxygen atoms in total. The fraction of sp³-hybridized carbons (Fsp3) is 0.400. The van der Waals surface area contributed by atoms with Gasteiger partial charge in [-0.15, -0.1) is 0 Å². The van der Waals surface area contributed by atoms with Gasteiger partial charge in [-0.1, -0.05) is 48.5 Å². The van der Waals surface area contributed by atoms with Crippen molar-refractivity contribution < 1.29 is 17.9 Å². The Morgan fingerprint density at radius 1 is 1.04 bits per heavy atom. The molecule has 1 heterocycles. The third-order valence-electron chi connectivity index (χ3n) is 4.56. The monoisotopic (exact) mass is 349 g/mol. The van der Waals surface area contributed by atoms with E-state index in [0.717, 1.165) is 37.4 Å². The summed E-state index contributed by atoms with van der Waals surface area (Å²) in [5.74, 6) is 0. The lowest BCUT2D eigenvalue weighted by Crippen LogP contribution is -2.24. The molecule has 2 aromatic rings. The SMILES string of the molecule is FC(F)(F)c1ccccc1C(OCCC1CCCN1)c1ccccc1. The zero-order chi connectivity index (χ0) is 17.7. The number of halogens is 3. The maximum atomic E-state index is 13.4. The van der Waals surface area contributed by atoms with E-state index in [1.165, 1.54) is 12.1 Å². The molecule has 0 radical (unpaired) electrons. The molecule has 2 atom stereocenters. The summed E-state index contributed by atoms with van der Waals surface area (Å²) in [7, 11) is 0. The predicted molar refractivity (Wildman–Crippen MR) is 91.3 cm³/mol. The second kappa shape index (κ2) is 8.02. The van der Waals surface area contributed by atoms with Gasteiger partial charge in [0.25, 0.3) is 0 Å². The van der Waals surface area contributed by atoms with Gasteiger partial charge in [0.2, 0.25) is 0 Å². The number of benzene rings is 2. The molecule has 1 fully saturated rings. The first-order valence-corrected chi connectivity index (χ1v) is 8.62. The van der Waals surface area contributed by atoms with Crippen LogP contribution in [0, 0.1) is 0 Å². The van der Waals surface area contributed by atoms with Gasteiger partial charge in [-0.2, -0.15) is 13.2 Å². The summed E-state index contributed by atoms with van der Waals surface area (Å²) in [5, 5.41) is 3.39. The van der Waals surface area contributed by atoms with Crippen LogP contribution >= 0.6 is 0 Å². The molecule has 5 heteroatoms. The highest BCUT2D eigenvalue weighted by Crippen LogP contribution is 2.38. The standard InChI is InChI=1S/C20H22F3NO/c21-20(22,23)18-11-5-4-10-17(18)19(15-7-2-1-3-8-15)25-14-12-16-9-6-13-24-16/h1-5,7-8,10-11,16,19,24H,6,9,12-14H2. The molecule has 3 rings (SSSR count). The van der Waals surface area contributed by atoms with Gasteiger partial charge in [-0.25, -0.2) is 0 Å². The van der Waals surface area contributed by atoms with Gasteiger partial charge in [-0.3, -0.25) is 0 Å². The van der Waals surface area contributed by atoms with Gasteiger partial charge in [0.15, 0.2) is 0 Å². The highest BCUT2D eigenvalue weighted by atomic mass is 19.4. The Labute approximate surface area is 146 Å². The lowest BCUT2D eigenvalue weighted by Gasteiger charge is -2.23. The van der Waals surface area contributed by atoms with E-state index in [1.54, 1.807) is 6.07 Å². The van der Waals surface area contributed by atoms with Crippen molar-refractivity contribution >= 4 is 0 Å². The second-order valence-electron chi connectivity index (χ2n) is 6.33. The highest BCUT2D eigenvalue weighted by Gasteiger charge is 2.35. The first kappa shape index (κ1) is 18.0. The highest BCUT2D eigenvalue weighted by molar-refractivity contribution is 5.37. The lowest BCUT2D eigenvalue weighted by molar-refractivity contribution is -0.139. The molecule has 0 spiro atoms. The quantitative estimate of drug-likeness (QED) is 0.796. The van der Waals surface area contributed by atoms with Crippen LogP contribution in [-0.4, -0.2) is 19.2 Å². The number of hydrogen-bond donors (Lipinski definition) is 1. The summed E-state index contributed by atoms with van der Waals surface area (Å²) in [5.41, 5.74) is 0.266. The summed E-state index contributed by atoms with van der Waals surface area (Å²) in [4.78, 5) is 0. The summed E-state index contributed by atoms with van der Waals surface area (Å²) in [6.07, 6.45) is -2.08. The van der Waals surface area contributed by atoms with Gasteiger partial charge in [0.05, 0.1) is 5.56 Å². The third-order valence-corrected chi connectivity index (χ3v) is 4.56. The van der Waals surface area contributed by atoms with Gasteiger partial charge in [0, 0.05) is 12.6 Å². The maximum absolute atomic E-state index is 13.4. The van der Waals surface area contributed by atoms with Crippen molar-refractivity contribution in [2.75, 3.05) is 13.2 Å². The minimum Gasteiger partial charge on any atom is -0.369 e. The molecular formula is C20H22F3NO. The summed E-state index contributed by atoms with van der Waals surface area (Å²) >= 11 is 0. The van der Waals surface area contributed by atoms with Crippen molar-refractivity contribution in [3.63, 3.8) is 0 Å². The Morgan fingerprint density at radius 2 is 1.76 bits per heavy atom. The molecule has 0 aliphatic carbocycles. The Hall–Kier alpha value is -1.85. The van der Waals surface area contributed by atoms with Crippen molar-refractivity contribution in [2.24, 2.45) is 0 Å². The van der Waals surface area contributed by atoms with E-state index in [0.29, 0.717) is 12.6 Å². The average molecular weight is 349 g/mol. The molecule has 0 aromatic heterocycles. The van der Waals surface area contributed by atoms with Crippen LogP contribution in [0.2, 0.25) is 0 Å². The summed E-state index contributed by atoms with van der Waals surface area (Å²) in [6.45, 7) is 1.42. The van der Waals surface area contributed by atoms with Crippen LogP contribution in [0.25, 0.3) is 0 Å². The van der Waals surface area contributed by atoms with Gasteiger partial charge in [-0.05, 0) is 43.0 Å². The van der Waals surface area contributed by atoms with Crippen LogP contribution < -0.4 is 5.32 Å². The maximum Gasteiger partial charge on any atom is 0.416 e. The van der Waals surface area contributed by atoms with Crippen LogP contribution in [0.5, 0.6) is 0 Å². The zero-order valence-corrected chi connectivity index (χ0v) is 13.9. The molecule has 1 aliphatic heterocycles. The van der Waals surface area contributed by atoms with E-state index in [4.69, 9.17) is 4.74 Å².